The molecule has 6 nitrogen and oxygen atoms in total. The van der Waals surface area contributed by atoms with Crippen molar-refractivity contribution in [2.45, 2.75) is 58.7 Å². The van der Waals surface area contributed by atoms with Gasteiger partial charge in [0.25, 0.3) is 0 Å². The van der Waals surface area contributed by atoms with Crippen LogP contribution in [-0.2, 0) is 11.5 Å². The molecule has 0 radical (unpaired) electrons. The van der Waals surface area contributed by atoms with Crippen LogP contribution >= 0.6 is 15.9 Å². The van der Waals surface area contributed by atoms with Crippen LogP contribution in [0.15, 0.2) is 17.0 Å². The van der Waals surface area contributed by atoms with Gasteiger partial charge in [-0.25, -0.2) is 9.97 Å². The van der Waals surface area contributed by atoms with Gasteiger partial charge in [-0.2, -0.15) is 0 Å². The zero-order valence-corrected chi connectivity index (χ0v) is 19.1. The summed E-state index contributed by atoms with van der Waals surface area (Å²) in [6.45, 7) is 14.4. The van der Waals surface area contributed by atoms with E-state index in [1.54, 1.807) is 12.4 Å². The molecule has 0 bridgehead atoms. The van der Waals surface area contributed by atoms with Gasteiger partial charge >= 0.3 is 0 Å². The molecule has 0 aliphatic rings. The summed E-state index contributed by atoms with van der Waals surface area (Å²) in [6, 6.07) is 1.10. The molecule has 0 atom stereocenters. The van der Waals surface area contributed by atoms with Crippen molar-refractivity contribution in [3.05, 3.63) is 22.6 Å². The molecule has 1 N–H and O–H groups in total. The molecule has 26 heavy (non-hydrogen) atoms. The van der Waals surface area contributed by atoms with E-state index in [-0.39, 0.29) is 17.9 Å². The van der Waals surface area contributed by atoms with Crippen molar-refractivity contribution >= 4 is 41.0 Å². The van der Waals surface area contributed by atoms with E-state index in [2.05, 4.69) is 50.9 Å². The van der Waals surface area contributed by atoms with Gasteiger partial charge in [-0.05, 0) is 42.7 Å². The molecule has 0 aliphatic carbocycles. The Morgan fingerprint density at radius 3 is 2.65 bits per heavy atom. The van der Waals surface area contributed by atoms with Crippen molar-refractivity contribution in [2.75, 3.05) is 13.2 Å². The first-order chi connectivity index (χ1) is 12.0. The van der Waals surface area contributed by atoms with Crippen LogP contribution in [0.5, 0.6) is 0 Å². The van der Waals surface area contributed by atoms with Gasteiger partial charge in [0.2, 0.25) is 0 Å². The van der Waals surface area contributed by atoms with Crippen LogP contribution in [0.25, 0.3) is 11.2 Å². The average Bonchev–Trinajstić information content (AvgIpc) is 2.85. The molecule has 0 aliphatic heterocycles. The minimum absolute atomic E-state index is 0.00169. The van der Waals surface area contributed by atoms with E-state index in [4.69, 9.17) is 4.74 Å². The van der Waals surface area contributed by atoms with Gasteiger partial charge in [-0.3, -0.25) is 4.79 Å². The van der Waals surface area contributed by atoms with Crippen molar-refractivity contribution in [1.82, 2.24) is 19.9 Å². The first kappa shape index (κ1) is 21.2. The summed E-state index contributed by atoms with van der Waals surface area (Å²) < 4.78 is 8.31. The summed E-state index contributed by atoms with van der Waals surface area (Å²) >= 11 is 3.34. The molecule has 2 heterocycles. The van der Waals surface area contributed by atoms with Crippen LogP contribution in [0.1, 0.15) is 31.1 Å². The molecule has 0 fully saturated rings. The van der Waals surface area contributed by atoms with E-state index in [0.717, 1.165) is 6.04 Å². The zero-order valence-electron chi connectivity index (χ0n) is 16.5. The fourth-order valence-electron chi connectivity index (χ4n) is 2.31. The smallest absolute Gasteiger partial charge is 0.180 e. The molecule has 0 spiro atoms. The lowest BCUT2D eigenvalue weighted by molar-refractivity contribution is 0.0894. The molecule has 0 aromatic carbocycles. The number of halogens is 1. The third-order valence-electron chi connectivity index (χ3n) is 3.84. The third kappa shape index (κ3) is 6.26. The fourth-order valence-corrected chi connectivity index (χ4v) is 3.35. The number of rotatable bonds is 8. The summed E-state index contributed by atoms with van der Waals surface area (Å²) in [7, 11) is -1.13. The second kappa shape index (κ2) is 8.29. The van der Waals surface area contributed by atoms with Crippen LogP contribution in [0.3, 0.4) is 0 Å². The Balaban J connectivity index is 2.19. The van der Waals surface area contributed by atoms with E-state index in [1.165, 1.54) is 0 Å². The standard InChI is InChI=1S/C18H29BrN4O2Si/c1-18(2,3)21-9-14(24)13-11-23(12-25-7-8-26(4,5)6)17-16(13)22-15(19)10-20-17/h10-11,21H,7-9,12H2,1-6H3. The summed E-state index contributed by atoms with van der Waals surface area (Å²) in [5, 5.41) is 3.23. The average molecular weight is 441 g/mol. The Morgan fingerprint density at radius 2 is 2.04 bits per heavy atom. The molecule has 0 amide bonds. The monoisotopic (exact) mass is 440 g/mol. The van der Waals surface area contributed by atoms with Crippen LogP contribution in [0.2, 0.25) is 25.7 Å². The number of nitrogens with one attached hydrogen (secondary N) is 1. The van der Waals surface area contributed by atoms with Gasteiger partial charge in [0, 0.05) is 26.4 Å². The molecular formula is C18H29BrN4O2Si. The number of hydrogen-bond donors (Lipinski definition) is 1. The maximum atomic E-state index is 12.7. The van der Waals surface area contributed by atoms with E-state index in [9.17, 15) is 4.79 Å². The van der Waals surface area contributed by atoms with Crippen LogP contribution in [0, 0.1) is 0 Å². The molecule has 2 aromatic rings. The van der Waals surface area contributed by atoms with E-state index < -0.39 is 8.07 Å². The Bertz CT molecular complexity index is 778. The van der Waals surface area contributed by atoms with Crippen LogP contribution < -0.4 is 5.32 Å². The van der Waals surface area contributed by atoms with Gasteiger partial charge in [0.1, 0.15) is 16.9 Å². The zero-order chi connectivity index (χ0) is 19.5. The lowest BCUT2D eigenvalue weighted by Gasteiger charge is -2.19. The summed E-state index contributed by atoms with van der Waals surface area (Å²) in [5.74, 6) is -0.00169. The topological polar surface area (TPSA) is 69.0 Å². The first-order valence-corrected chi connectivity index (χ1v) is 13.3. The number of carbonyl (C=O) groups is 1. The van der Waals surface area contributed by atoms with Gasteiger partial charge in [0.05, 0.1) is 18.3 Å². The molecule has 144 valence electrons. The van der Waals surface area contributed by atoms with Gasteiger partial charge in [0.15, 0.2) is 11.4 Å². The Kier molecular flexibility index (Phi) is 6.76. The highest BCUT2D eigenvalue weighted by molar-refractivity contribution is 9.10. The van der Waals surface area contributed by atoms with Crippen molar-refractivity contribution in [1.29, 1.82) is 0 Å². The molecule has 0 saturated heterocycles. The molecule has 2 aromatic heterocycles. The molecule has 0 saturated carbocycles. The van der Waals surface area contributed by atoms with E-state index >= 15 is 0 Å². The fraction of sp³-hybridized carbons (Fsp3) is 0.611. The number of nitrogens with zero attached hydrogens (tertiary/aromatic N) is 3. The van der Waals surface area contributed by atoms with Gasteiger partial charge < -0.3 is 14.6 Å². The number of carbonyl (C=O) groups excluding carboxylic acids is 1. The largest absolute Gasteiger partial charge is 0.361 e. The lowest BCUT2D eigenvalue weighted by Crippen LogP contribution is -2.39. The third-order valence-corrected chi connectivity index (χ3v) is 5.93. The molecule has 8 heteroatoms. The van der Waals surface area contributed by atoms with Crippen molar-refractivity contribution in [3.63, 3.8) is 0 Å². The van der Waals surface area contributed by atoms with Crippen LogP contribution in [0.4, 0.5) is 0 Å². The quantitative estimate of drug-likeness (QED) is 0.380. The van der Waals surface area contributed by atoms with Crippen LogP contribution in [-0.4, -0.2) is 47.1 Å². The minimum atomic E-state index is -1.13. The number of fused-ring (bicyclic) bond motifs is 1. The predicted octanol–water partition coefficient (Wildman–Crippen LogP) is 4.08. The van der Waals surface area contributed by atoms with Crippen molar-refractivity contribution < 1.29 is 9.53 Å². The Morgan fingerprint density at radius 1 is 1.35 bits per heavy atom. The maximum Gasteiger partial charge on any atom is 0.180 e. The highest BCUT2D eigenvalue weighted by Gasteiger charge is 2.20. The van der Waals surface area contributed by atoms with Gasteiger partial charge in [-0.15, -0.1) is 0 Å². The maximum absolute atomic E-state index is 12.7. The van der Waals surface area contributed by atoms with E-state index in [0.29, 0.717) is 34.7 Å². The summed E-state index contributed by atoms with van der Waals surface area (Å²) in [5.41, 5.74) is 1.72. The number of Topliss-reactive ketones (excluding diaryl/α,β-unsaturated/α-hetero) is 1. The second-order valence-corrected chi connectivity index (χ2v) is 15.2. The minimum Gasteiger partial charge on any atom is -0.361 e. The number of ketones is 1. The highest BCUT2D eigenvalue weighted by atomic mass is 79.9. The number of ether oxygens (including phenoxy) is 1. The normalized spacial score (nSPS) is 12.7. The van der Waals surface area contributed by atoms with E-state index in [1.807, 2.05) is 25.3 Å². The Labute approximate surface area is 164 Å². The number of aromatic nitrogens is 3. The van der Waals surface area contributed by atoms with Crippen molar-refractivity contribution in [2.24, 2.45) is 0 Å². The highest BCUT2D eigenvalue weighted by Crippen LogP contribution is 2.21. The molecular weight excluding hydrogens is 412 g/mol. The Hall–Kier alpha value is -1.09. The molecule has 0 unspecified atom stereocenters. The summed E-state index contributed by atoms with van der Waals surface area (Å²) in [4.78, 5) is 21.6. The van der Waals surface area contributed by atoms with Gasteiger partial charge in [-0.1, -0.05) is 19.6 Å². The second-order valence-electron chi connectivity index (χ2n) is 8.75. The number of hydrogen-bond acceptors (Lipinski definition) is 5. The van der Waals surface area contributed by atoms with Crippen molar-refractivity contribution in [3.8, 4) is 0 Å². The first-order valence-electron chi connectivity index (χ1n) is 8.84. The summed E-state index contributed by atoms with van der Waals surface area (Å²) in [6.07, 6.45) is 3.45. The lowest BCUT2D eigenvalue weighted by atomic mass is 10.1. The predicted molar refractivity (Wildman–Crippen MR) is 111 cm³/mol. The molecule has 2 rings (SSSR count). The SMILES string of the molecule is CC(C)(C)NCC(=O)c1cn(COCC[Si](C)(C)C)c2ncc(Br)nc12.